The van der Waals surface area contributed by atoms with Gasteiger partial charge in [0.25, 0.3) is 0 Å². The van der Waals surface area contributed by atoms with E-state index in [1.54, 1.807) is 0 Å². The predicted octanol–water partition coefficient (Wildman–Crippen LogP) is 2.11. The number of aromatic nitrogens is 2. The lowest BCUT2D eigenvalue weighted by molar-refractivity contribution is 0.326. The summed E-state index contributed by atoms with van der Waals surface area (Å²) in [5.74, 6) is 1.21. The quantitative estimate of drug-likeness (QED) is 0.741. The molecule has 1 aromatic rings. The number of hydrogen-bond donors (Lipinski definition) is 2. The van der Waals surface area contributed by atoms with Gasteiger partial charge in [0, 0.05) is 24.3 Å². The van der Waals surface area contributed by atoms with Crippen molar-refractivity contribution in [2.24, 2.45) is 5.73 Å². The highest BCUT2D eigenvalue weighted by Crippen LogP contribution is 2.13. The van der Waals surface area contributed by atoms with E-state index in [1.807, 2.05) is 19.9 Å². The molecule has 0 fully saturated rings. The summed E-state index contributed by atoms with van der Waals surface area (Å²) in [6, 6.07) is 2.05. The number of ether oxygens (including phenoxy) is 1. The van der Waals surface area contributed by atoms with Crippen LogP contribution >= 0.6 is 0 Å². The highest BCUT2D eigenvalue weighted by atomic mass is 16.5. The molecule has 1 atom stereocenters. The summed E-state index contributed by atoms with van der Waals surface area (Å²) in [7, 11) is 0. The van der Waals surface area contributed by atoms with Gasteiger partial charge in [0.15, 0.2) is 0 Å². The molecule has 1 unspecified atom stereocenters. The Morgan fingerprint density at radius 1 is 1.39 bits per heavy atom. The van der Waals surface area contributed by atoms with Crippen LogP contribution in [0.1, 0.15) is 38.8 Å². The van der Waals surface area contributed by atoms with Gasteiger partial charge in [0.2, 0.25) is 11.8 Å². The third kappa shape index (κ3) is 4.87. The molecule has 0 aliphatic carbocycles. The van der Waals surface area contributed by atoms with Crippen LogP contribution in [0.5, 0.6) is 5.88 Å². The van der Waals surface area contributed by atoms with Crippen molar-refractivity contribution in [1.82, 2.24) is 9.97 Å². The van der Waals surface area contributed by atoms with Crippen molar-refractivity contribution in [3.05, 3.63) is 11.8 Å². The first-order chi connectivity index (χ1) is 8.69. The van der Waals surface area contributed by atoms with Crippen molar-refractivity contribution in [1.29, 1.82) is 0 Å². The summed E-state index contributed by atoms with van der Waals surface area (Å²) in [5.41, 5.74) is 6.64. The average molecular weight is 252 g/mol. The standard InChI is InChI=1S/C13H24N4O/c1-4-6-7-11(9-14)16-13-15-10(3)8-12(17-13)18-5-2/h8,11H,4-7,9,14H2,1-3H3,(H,15,16,17). The molecule has 0 radical (unpaired) electrons. The monoisotopic (exact) mass is 252 g/mol. The minimum atomic E-state index is 0.223. The molecule has 0 aliphatic rings. The second-order valence-electron chi connectivity index (χ2n) is 4.32. The first-order valence-electron chi connectivity index (χ1n) is 6.64. The zero-order valence-electron chi connectivity index (χ0n) is 11.6. The van der Waals surface area contributed by atoms with Gasteiger partial charge in [-0.1, -0.05) is 19.8 Å². The average Bonchev–Trinajstić information content (AvgIpc) is 2.34. The lowest BCUT2D eigenvalue weighted by Gasteiger charge is -2.17. The van der Waals surface area contributed by atoms with Crippen LogP contribution in [0, 0.1) is 6.92 Å². The molecule has 5 heteroatoms. The summed E-state index contributed by atoms with van der Waals surface area (Å²) in [6.07, 6.45) is 3.35. The van der Waals surface area contributed by atoms with E-state index in [2.05, 4.69) is 22.2 Å². The SMILES string of the molecule is CCCCC(CN)Nc1nc(C)cc(OCC)n1. The van der Waals surface area contributed by atoms with E-state index in [9.17, 15) is 0 Å². The maximum Gasteiger partial charge on any atom is 0.226 e. The lowest BCUT2D eigenvalue weighted by Crippen LogP contribution is -2.29. The fourth-order valence-corrected chi connectivity index (χ4v) is 1.71. The molecule has 1 heterocycles. The van der Waals surface area contributed by atoms with Gasteiger partial charge in [-0.25, -0.2) is 4.98 Å². The molecule has 0 amide bonds. The number of nitrogens with one attached hydrogen (secondary N) is 1. The van der Waals surface area contributed by atoms with Crippen molar-refractivity contribution < 1.29 is 4.74 Å². The van der Waals surface area contributed by atoms with E-state index in [4.69, 9.17) is 10.5 Å². The number of hydrogen-bond acceptors (Lipinski definition) is 5. The molecule has 0 saturated carbocycles. The third-order valence-corrected chi connectivity index (χ3v) is 2.65. The van der Waals surface area contributed by atoms with Gasteiger partial charge >= 0.3 is 0 Å². The summed E-state index contributed by atoms with van der Waals surface area (Å²) < 4.78 is 5.40. The van der Waals surface area contributed by atoms with Crippen molar-refractivity contribution in [2.75, 3.05) is 18.5 Å². The maximum atomic E-state index is 5.75. The number of nitrogens with zero attached hydrogens (tertiary/aromatic N) is 2. The lowest BCUT2D eigenvalue weighted by atomic mass is 10.1. The largest absolute Gasteiger partial charge is 0.478 e. The van der Waals surface area contributed by atoms with Gasteiger partial charge in [-0.15, -0.1) is 0 Å². The van der Waals surface area contributed by atoms with Crippen LogP contribution < -0.4 is 15.8 Å². The molecular formula is C13H24N4O. The summed E-state index contributed by atoms with van der Waals surface area (Å²) in [6.45, 7) is 7.23. The van der Waals surface area contributed by atoms with Gasteiger partial charge in [-0.2, -0.15) is 4.98 Å². The van der Waals surface area contributed by atoms with E-state index >= 15 is 0 Å². The van der Waals surface area contributed by atoms with Gasteiger partial charge < -0.3 is 15.8 Å². The van der Waals surface area contributed by atoms with Gasteiger partial charge in [0.1, 0.15) is 0 Å². The van der Waals surface area contributed by atoms with Crippen molar-refractivity contribution in [3.8, 4) is 5.88 Å². The fraction of sp³-hybridized carbons (Fsp3) is 0.692. The maximum absolute atomic E-state index is 5.75. The molecule has 102 valence electrons. The fourth-order valence-electron chi connectivity index (χ4n) is 1.71. The Kier molecular flexibility index (Phi) is 6.43. The molecule has 0 aromatic carbocycles. The molecule has 0 aliphatic heterocycles. The van der Waals surface area contributed by atoms with E-state index in [0.717, 1.165) is 25.0 Å². The summed E-state index contributed by atoms with van der Waals surface area (Å²) in [5, 5.41) is 3.28. The molecule has 1 rings (SSSR count). The first-order valence-corrected chi connectivity index (χ1v) is 6.64. The summed E-state index contributed by atoms with van der Waals surface area (Å²) in [4.78, 5) is 8.67. The smallest absolute Gasteiger partial charge is 0.226 e. The molecule has 0 saturated heterocycles. The Hall–Kier alpha value is -1.36. The number of rotatable bonds is 8. The normalized spacial score (nSPS) is 12.2. The Morgan fingerprint density at radius 2 is 2.17 bits per heavy atom. The van der Waals surface area contributed by atoms with Crippen LogP contribution in [0.4, 0.5) is 5.95 Å². The Balaban J connectivity index is 2.69. The van der Waals surface area contributed by atoms with E-state index in [0.29, 0.717) is 25.0 Å². The van der Waals surface area contributed by atoms with Crippen LogP contribution in [0.15, 0.2) is 6.07 Å². The van der Waals surface area contributed by atoms with Crippen LogP contribution in [-0.2, 0) is 0 Å². The minimum Gasteiger partial charge on any atom is -0.478 e. The Bertz CT molecular complexity index is 357. The second kappa shape index (κ2) is 7.87. The molecule has 0 spiro atoms. The highest BCUT2D eigenvalue weighted by molar-refractivity contribution is 5.31. The van der Waals surface area contributed by atoms with E-state index in [-0.39, 0.29) is 6.04 Å². The zero-order valence-corrected chi connectivity index (χ0v) is 11.6. The van der Waals surface area contributed by atoms with E-state index in [1.165, 1.54) is 0 Å². The van der Waals surface area contributed by atoms with Crippen LogP contribution in [-0.4, -0.2) is 29.2 Å². The first kappa shape index (κ1) is 14.7. The summed E-state index contributed by atoms with van der Waals surface area (Å²) >= 11 is 0. The van der Waals surface area contributed by atoms with E-state index < -0.39 is 0 Å². The zero-order chi connectivity index (χ0) is 13.4. The van der Waals surface area contributed by atoms with Crippen LogP contribution in [0.25, 0.3) is 0 Å². The van der Waals surface area contributed by atoms with Crippen LogP contribution in [0.2, 0.25) is 0 Å². The van der Waals surface area contributed by atoms with Gasteiger partial charge in [-0.3, -0.25) is 0 Å². The topological polar surface area (TPSA) is 73.1 Å². The molecular weight excluding hydrogens is 228 g/mol. The Labute approximate surface area is 109 Å². The number of unbranched alkanes of at least 4 members (excludes halogenated alkanes) is 1. The molecule has 5 nitrogen and oxygen atoms in total. The van der Waals surface area contributed by atoms with Gasteiger partial charge in [0.05, 0.1) is 6.61 Å². The molecule has 18 heavy (non-hydrogen) atoms. The van der Waals surface area contributed by atoms with Gasteiger partial charge in [-0.05, 0) is 20.3 Å². The van der Waals surface area contributed by atoms with Crippen molar-refractivity contribution in [2.45, 2.75) is 46.1 Å². The molecule has 0 bridgehead atoms. The minimum absolute atomic E-state index is 0.223. The number of aryl methyl sites for hydroxylation is 1. The number of nitrogens with two attached hydrogens (primary N) is 1. The highest BCUT2D eigenvalue weighted by Gasteiger charge is 2.09. The molecule has 3 N–H and O–H groups in total. The molecule has 1 aromatic heterocycles. The predicted molar refractivity (Wildman–Crippen MR) is 73.9 cm³/mol. The number of anilines is 1. The third-order valence-electron chi connectivity index (χ3n) is 2.65. The second-order valence-corrected chi connectivity index (χ2v) is 4.32. The van der Waals surface area contributed by atoms with Crippen LogP contribution in [0.3, 0.4) is 0 Å². The van der Waals surface area contributed by atoms with Crippen molar-refractivity contribution >= 4 is 5.95 Å². The van der Waals surface area contributed by atoms with Crippen molar-refractivity contribution in [3.63, 3.8) is 0 Å². The Morgan fingerprint density at radius 3 is 2.78 bits per heavy atom.